The Hall–Kier alpha value is -1.54. The molecule has 0 aliphatic carbocycles. The average Bonchev–Trinajstić information content (AvgIpc) is 2.41. The van der Waals surface area contributed by atoms with Gasteiger partial charge in [0.1, 0.15) is 5.82 Å². The quantitative estimate of drug-likeness (QED) is 0.494. The van der Waals surface area contributed by atoms with Gasteiger partial charge >= 0.3 is 5.69 Å². The third-order valence-electron chi connectivity index (χ3n) is 3.36. The number of hydrogen-bond donors (Lipinski definition) is 2. The predicted molar refractivity (Wildman–Crippen MR) is 77.4 cm³/mol. The largest absolute Gasteiger partial charge is 0.346 e. The van der Waals surface area contributed by atoms with E-state index in [1.54, 1.807) is 0 Å². The van der Waals surface area contributed by atoms with Crippen LogP contribution in [-0.4, -0.2) is 33.5 Å². The van der Waals surface area contributed by atoms with Gasteiger partial charge in [0.05, 0.1) is 4.92 Å². The minimum absolute atomic E-state index is 0.0185. The summed E-state index contributed by atoms with van der Waals surface area (Å²) < 4.78 is 0. The highest BCUT2D eigenvalue weighted by Crippen LogP contribution is 2.34. The maximum atomic E-state index is 11.1. The molecule has 2 unspecified atom stereocenters. The number of nitrogens with zero attached hydrogens (tertiary/aromatic N) is 3. The molecule has 1 fully saturated rings. The van der Waals surface area contributed by atoms with Crippen LogP contribution >= 0.6 is 11.8 Å². The van der Waals surface area contributed by atoms with Crippen molar-refractivity contribution in [2.24, 2.45) is 5.84 Å². The Morgan fingerprint density at radius 2 is 2.32 bits per heavy atom. The van der Waals surface area contributed by atoms with E-state index in [1.165, 1.54) is 12.1 Å². The number of nitrogen functional groups attached to an aromatic ring is 1. The van der Waals surface area contributed by atoms with Crippen molar-refractivity contribution >= 4 is 29.1 Å². The lowest BCUT2D eigenvalue weighted by molar-refractivity contribution is -0.384. The highest BCUT2D eigenvalue weighted by Gasteiger charge is 2.31. The van der Waals surface area contributed by atoms with Gasteiger partial charge in [0, 0.05) is 29.7 Å². The maximum absolute atomic E-state index is 11.1. The molecule has 8 heteroatoms. The molecule has 0 saturated carbocycles. The molecule has 1 aromatic rings. The molecule has 7 nitrogen and oxygen atoms in total. The molecule has 1 aliphatic rings. The summed E-state index contributed by atoms with van der Waals surface area (Å²) in [6.45, 7) is 4.93. The van der Waals surface area contributed by atoms with E-state index < -0.39 is 4.92 Å². The summed E-state index contributed by atoms with van der Waals surface area (Å²) in [6.07, 6.45) is 0. The number of nitro groups is 1. The van der Waals surface area contributed by atoms with E-state index in [-0.39, 0.29) is 11.7 Å². The van der Waals surface area contributed by atoms with Crippen LogP contribution in [0, 0.1) is 10.1 Å². The number of nitrogens with two attached hydrogens (primary N) is 1. The van der Waals surface area contributed by atoms with Crippen LogP contribution in [0.15, 0.2) is 12.1 Å². The Kier molecular flexibility index (Phi) is 4.11. The topological polar surface area (TPSA) is 97.3 Å². The summed E-state index contributed by atoms with van der Waals surface area (Å²) in [4.78, 5) is 17.0. The van der Waals surface area contributed by atoms with Gasteiger partial charge < -0.3 is 10.3 Å². The van der Waals surface area contributed by atoms with E-state index >= 15 is 0 Å². The second-order valence-electron chi connectivity index (χ2n) is 4.45. The summed E-state index contributed by atoms with van der Waals surface area (Å²) in [5.41, 5.74) is 2.45. The van der Waals surface area contributed by atoms with E-state index in [4.69, 9.17) is 5.84 Å². The van der Waals surface area contributed by atoms with Crippen molar-refractivity contribution in [3.05, 3.63) is 22.2 Å². The number of pyridine rings is 1. The van der Waals surface area contributed by atoms with Crippen molar-refractivity contribution in [3.8, 4) is 0 Å². The first-order valence-corrected chi connectivity index (χ1v) is 7.09. The minimum Gasteiger partial charge on any atom is -0.346 e. The van der Waals surface area contributed by atoms with Crippen LogP contribution in [0.5, 0.6) is 0 Å². The van der Waals surface area contributed by atoms with E-state index in [9.17, 15) is 10.1 Å². The van der Waals surface area contributed by atoms with Crippen LogP contribution in [0.4, 0.5) is 17.3 Å². The van der Waals surface area contributed by atoms with Crippen molar-refractivity contribution in [2.75, 3.05) is 22.6 Å². The summed E-state index contributed by atoms with van der Waals surface area (Å²) in [5.74, 6) is 7.08. The normalized spacial score (nSPS) is 23.2. The zero-order valence-electron chi connectivity index (χ0n) is 10.9. The molecule has 1 saturated heterocycles. The lowest BCUT2D eigenvalue weighted by atomic mass is 10.2. The average molecular weight is 283 g/mol. The molecule has 2 heterocycles. The Bertz CT molecular complexity index is 484. The Balaban J connectivity index is 2.43. The fraction of sp³-hybridized carbons (Fsp3) is 0.545. The van der Waals surface area contributed by atoms with Crippen molar-refractivity contribution in [1.29, 1.82) is 0 Å². The van der Waals surface area contributed by atoms with Crippen molar-refractivity contribution < 1.29 is 4.92 Å². The van der Waals surface area contributed by atoms with Crippen LogP contribution < -0.4 is 16.2 Å². The van der Waals surface area contributed by atoms with E-state index in [0.717, 1.165) is 12.3 Å². The standard InChI is InChI=1S/C11H17N5O2S/c1-7-8(2)19-6-5-15(7)11-9(16(17)18)3-4-10(13-11)14-12/h3-4,7-8H,5-6,12H2,1-2H3,(H,13,14). The van der Waals surface area contributed by atoms with Crippen LogP contribution in [0.3, 0.4) is 0 Å². The number of hydrogen-bond acceptors (Lipinski definition) is 7. The molecule has 3 N–H and O–H groups in total. The number of rotatable bonds is 3. The number of nitrogens with one attached hydrogen (secondary N) is 1. The molecule has 0 spiro atoms. The maximum Gasteiger partial charge on any atom is 0.311 e. The third kappa shape index (κ3) is 2.74. The molecule has 1 aromatic heterocycles. The first-order chi connectivity index (χ1) is 9.04. The Labute approximate surface area is 115 Å². The number of hydrazine groups is 1. The van der Waals surface area contributed by atoms with Gasteiger partial charge in [-0.05, 0) is 13.0 Å². The summed E-state index contributed by atoms with van der Waals surface area (Å²) in [5, 5.41) is 11.5. The Morgan fingerprint density at radius 1 is 1.58 bits per heavy atom. The molecule has 0 radical (unpaired) electrons. The van der Waals surface area contributed by atoms with Gasteiger partial charge in [-0.25, -0.2) is 10.8 Å². The van der Waals surface area contributed by atoms with Crippen LogP contribution in [0.2, 0.25) is 0 Å². The van der Waals surface area contributed by atoms with Gasteiger partial charge in [-0.15, -0.1) is 0 Å². The molecule has 0 bridgehead atoms. The van der Waals surface area contributed by atoms with E-state index in [2.05, 4.69) is 24.3 Å². The summed E-state index contributed by atoms with van der Waals surface area (Å²) in [6, 6.07) is 3.14. The highest BCUT2D eigenvalue weighted by atomic mass is 32.2. The minimum atomic E-state index is -0.401. The molecule has 104 valence electrons. The van der Waals surface area contributed by atoms with Gasteiger partial charge in [0.15, 0.2) is 0 Å². The second-order valence-corrected chi connectivity index (χ2v) is 5.94. The fourth-order valence-electron chi connectivity index (χ4n) is 2.11. The molecular weight excluding hydrogens is 266 g/mol. The smallest absolute Gasteiger partial charge is 0.311 e. The predicted octanol–water partition coefficient (Wildman–Crippen LogP) is 1.61. The number of aromatic nitrogens is 1. The first-order valence-electron chi connectivity index (χ1n) is 6.05. The van der Waals surface area contributed by atoms with Crippen LogP contribution in [0.25, 0.3) is 0 Å². The monoisotopic (exact) mass is 283 g/mol. The van der Waals surface area contributed by atoms with Gasteiger partial charge in [-0.3, -0.25) is 10.1 Å². The molecule has 2 atom stereocenters. The molecule has 0 amide bonds. The van der Waals surface area contributed by atoms with E-state index in [1.807, 2.05) is 16.7 Å². The van der Waals surface area contributed by atoms with Crippen molar-refractivity contribution in [3.63, 3.8) is 0 Å². The highest BCUT2D eigenvalue weighted by molar-refractivity contribution is 8.00. The zero-order chi connectivity index (χ0) is 14.0. The molecule has 1 aliphatic heterocycles. The van der Waals surface area contributed by atoms with Crippen molar-refractivity contribution in [2.45, 2.75) is 25.1 Å². The zero-order valence-corrected chi connectivity index (χ0v) is 11.7. The van der Waals surface area contributed by atoms with Gasteiger partial charge in [0.2, 0.25) is 5.82 Å². The van der Waals surface area contributed by atoms with Gasteiger partial charge in [0.25, 0.3) is 0 Å². The van der Waals surface area contributed by atoms with Crippen molar-refractivity contribution in [1.82, 2.24) is 4.98 Å². The van der Waals surface area contributed by atoms with Crippen LogP contribution in [-0.2, 0) is 0 Å². The first kappa shape index (κ1) is 13.9. The summed E-state index contributed by atoms with van der Waals surface area (Å²) >= 11 is 1.87. The lowest BCUT2D eigenvalue weighted by Gasteiger charge is -2.38. The molecule has 2 rings (SSSR count). The number of thioether (sulfide) groups is 1. The Morgan fingerprint density at radius 3 is 2.95 bits per heavy atom. The van der Waals surface area contributed by atoms with E-state index in [0.29, 0.717) is 16.9 Å². The molecule has 0 aromatic carbocycles. The third-order valence-corrected chi connectivity index (χ3v) is 4.69. The second kappa shape index (κ2) is 5.62. The SMILES string of the molecule is CC1SCCN(c2nc(NN)ccc2[N+](=O)[O-])C1C. The summed E-state index contributed by atoms with van der Waals surface area (Å²) in [7, 11) is 0. The molecule has 19 heavy (non-hydrogen) atoms. The number of anilines is 2. The van der Waals surface area contributed by atoms with Gasteiger partial charge in [-0.1, -0.05) is 6.92 Å². The van der Waals surface area contributed by atoms with Crippen LogP contribution in [0.1, 0.15) is 13.8 Å². The lowest BCUT2D eigenvalue weighted by Crippen LogP contribution is -2.45. The molecular formula is C11H17N5O2S. The van der Waals surface area contributed by atoms with Gasteiger partial charge in [-0.2, -0.15) is 11.8 Å². The fourth-order valence-corrected chi connectivity index (χ4v) is 3.21.